The molecule has 0 spiro atoms. The van der Waals surface area contributed by atoms with Crippen LogP contribution in [0.2, 0.25) is 0 Å². The van der Waals surface area contributed by atoms with Crippen LogP contribution in [0.25, 0.3) is 0 Å². The summed E-state index contributed by atoms with van der Waals surface area (Å²) in [4.78, 5) is 22.5. The van der Waals surface area contributed by atoms with Crippen LogP contribution >= 0.6 is 7.60 Å². The van der Waals surface area contributed by atoms with Crippen LogP contribution in [0.5, 0.6) is 0 Å². The summed E-state index contributed by atoms with van der Waals surface area (Å²) in [5.41, 5.74) is 0. The van der Waals surface area contributed by atoms with Gasteiger partial charge in [0.2, 0.25) is 0 Å². The summed E-state index contributed by atoms with van der Waals surface area (Å²) in [7, 11) is -3.60. The second-order valence-electron chi connectivity index (χ2n) is 6.97. The Morgan fingerprint density at radius 2 is 1.80 bits per heavy atom. The summed E-state index contributed by atoms with van der Waals surface area (Å²) < 4.78 is 20.8. The van der Waals surface area contributed by atoms with E-state index in [4.69, 9.17) is 9.26 Å². The molecule has 0 heterocycles. The van der Waals surface area contributed by atoms with E-state index < -0.39 is 7.60 Å². The third kappa shape index (κ3) is 8.27. The molecule has 142 valence electrons. The topological polar surface area (TPSA) is 87.7 Å². The fourth-order valence-corrected chi connectivity index (χ4v) is 3.97. The maximum atomic E-state index is 11.7. The Balaban J connectivity index is 1.43. The largest absolute Gasteiger partial charge is 0.779 e. The molecule has 1 N–H and O–H groups in total. The number of rotatable bonds is 10. The minimum atomic E-state index is -3.60. The van der Waals surface area contributed by atoms with E-state index in [2.05, 4.69) is 17.2 Å². The van der Waals surface area contributed by atoms with Crippen LogP contribution < -0.4 is 10.2 Å². The molecule has 0 aromatic heterocycles. The highest BCUT2D eigenvalue weighted by Crippen LogP contribution is 2.52. The molecule has 1 saturated carbocycles. The Hall–Kier alpha value is -1.02. The molecule has 2 aliphatic carbocycles. The SMILES string of the molecule is CP(=O)([O-])OCCCCCCNC(=O)OCC1[C@H]2CCC#CCC[C@@H]12. The Bertz CT molecular complexity index is 517. The van der Waals surface area contributed by atoms with Gasteiger partial charge in [-0.3, -0.25) is 0 Å². The first kappa shape index (κ1) is 20.3. The van der Waals surface area contributed by atoms with Crippen molar-refractivity contribution in [2.75, 3.05) is 26.4 Å². The van der Waals surface area contributed by atoms with Gasteiger partial charge in [-0.25, -0.2) is 4.79 Å². The van der Waals surface area contributed by atoms with Crippen molar-refractivity contribution in [1.29, 1.82) is 0 Å². The average Bonchev–Trinajstić information content (AvgIpc) is 3.16. The smallest absolute Gasteiger partial charge is 0.407 e. The molecule has 4 atom stereocenters. The summed E-state index contributed by atoms with van der Waals surface area (Å²) in [5, 5.41) is 2.78. The van der Waals surface area contributed by atoms with Gasteiger partial charge >= 0.3 is 6.09 Å². The maximum absolute atomic E-state index is 11.7. The first-order valence-corrected chi connectivity index (χ1v) is 11.3. The minimum absolute atomic E-state index is 0.238. The zero-order valence-corrected chi connectivity index (χ0v) is 15.9. The average molecular weight is 370 g/mol. The maximum Gasteiger partial charge on any atom is 0.407 e. The van der Waals surface area contributed by atoms with Crippen molar-refractivity contribution in [2.24, 2.45) is 17.8 Å². The summed E-state index contributed by atoms with van der Waals surface area (Å²) in [6, 6.07) is 0. The fraction of sp³-hybridized carbons (Fsp3) is 0.833. The van der Waals surface area contributed by atoms with Crippen molar-refractivity contribution in [3.8, 4) is 11.8 Å². The van der Waals surface area contributed by atoms with Gasteiger partial charge in [0, 0.05) is 26.1 Å². The van der Waals surface area contributed by atoms with Gasteiger partial charge in [0.1, 0.15) is 7.60 Å². The zero-order valence-electron chi connectivity index (χ0n) is 15.0. The molecule has 1 amide bonds. The molecular formula is C18H29NO5P-. The predicted octanol–water partition coefficient (Wildman–Crippen LogP) is 2.91. The van der Waals surface area contributed by atoms with Crippen LogP contribution in [0.3, 0.4) is 0 Å². The highest BCUT2D eigenvalue weighted by molar-refractivity contribution is 7.50. The molecule has 1 fully saturated rings. The van der Waals surface area contributed by atoms with Crippen molar-refractivity contribution in [2.45, 2.75) is 51.4 Å². The van der Waals surface area contributed by atoms with E-state index >= 15 is 0 Å². The highest BCUT2D eigenvalue weighted by Gasteiger charge is 2.49. The lowest BCUT2D eigenvalue weighted by Gasteiger charge is -2.17. The van der Waals surface area contributed by atoms with Gasteiger partial charge in [-0.15, -0.1) is 11.8 Å². The van der Waals surface area contributed by atoms with E-state index in [9.17, 15) is 14.3 Å². The summed E-state index contributed by atoms with van der Waals surface area (Å²) in [6.45, 7) is 2.42. The fourth-order valence-electron chi connectivity index (χ4n) is 3.51. The monoisotopic (exact) mass is 370 g/mol. The molecule has 6 nitrogen and oxygen atoms in total. The Morgan fingerprint density at radius 3 is 2.44 bits per heavy atom. The second-order valence-corrected chi connectivity index (χ2v) is 8.77. The van der Waals surface area contributed by atoms with E-state index in [1.807, 2.05) is 0 Å². The third-order valence-electron chi connectivity index (χ3n) is 4.91. The van der Waals surface area contributed by atoms with Crippen molar-refractivity contribution in [1.82, 2.24) is 5.32 Å². The molecule has 0 aromatic rings. The molecular weight excluding hydrogens is 341 g/mol. The van der Waals surface area contributed by atoms with Gasteiger partial charge < -0.3 is 24.0 Å². The van der Waals surface area contributed by atoms with Crippen LogP contribution in [0.1, 0.15) is 51.4 Å². The van der Waals surface area contributed by atoms with Gasteiger partial charge in [-0.1, -0.05) is 12.8 Å². The van der Waals surface area contributed by atoms with Gasteiger partial charge in [0.25, 0.3) is 0 Å². The van der Waals surface area contributed by atoms with Crippen LogP contribution in [-0.2, 0) is 13.8 Å². The van der Waals surface area contributed by atoms with Gasteiger partial charge in [0.15, 0.2) is 0 Å². The van der Waals surface area contributed by atoms with E-state index in [-0.39, 0.29) is 12.7 Å². The van der Waals surface area contributed by atoms with Gasteiger partial charge in [-0.2, -0.15) is 0 Å². The number of hydrogen-bond donors (Lipinski definition) is 1. The van der Waals surface area contributed by atoms with E-state index in [0.717, 1.165) is 51.6 Å². The summed E-state index contributed by atoms with van der Waals surface area (Å²) in [5.74, 6) is 8.26. The number of amides is 1. The number of unbranched alkanes of at least 4 members (excludes halogenated alkanes) is 3. The Kier molecular flexibility index (Phi) is 8.29. The molecule has 2 aliphatic rings. The lowest BCUT2D eigenvalue weighted by atomic mass is 10.1. The number of ether oxygens (including phenoxy) is 1. The minimum Gasteiger partial charge on any atom is -0.779 e. The lowest BCUT2D eigenvalue weighted by Crippen LogP contribution is -2.26. The predicted molar refractivity (Wildman–Crippen MR) is 94.0 cm³/mol. The molecule has 25 heavy (non-hydrogen) atoms. The normalized spacial score (nSPS) is 26.9. The molecule has 7 heteroatoms. The number of hydrogen-bond acceptors (Lipinski definition) is 5. The quantitative estimate of drug-likeness (QED) is 0.363. The van der Waals surface area contributed by atoms with Crippen LogP contribution in [-0.4, -0.2) is 32.5 Å². The lowest BCUT2D eigenvalue weighted by molar-refractivity contribution is -0.196. The van der Waals surface area contributed by atoms with Crippen LogP contribution in [0.4, 0.5) is 4.79 Å². The molecule has 0 saturated heterocycles. The molecule has 0 radical (unpaired) electrons. The van der Waals surface area contributed by atoms with E-state index in [1.165, 1.54) is 0 Å². The zero-order chi connectivity index (χ0) is 18.1. The van der Waals surface area contributed by atoms with E-state index in [1.54, 1.807) is 0 Å². The highest BCUT2D eigenvalue weighted by atomic mass is 31.2. The molecule has 0 aliphatic heterocycles. The van der Waals surface area contributed by atoms with Gasteiger partial charge in [-0.05, 0) is 43.4 Å². The molecule has 0 bridgehead atoms. The van der Waals surface area contributed by atoms with Crippen LogP contribution in [0, 0.1) is 29.6 Å². The molecule has 2 rings (SSSR count). The number of carbonyl (C=O) groups is 1. The summed E-state index contributed by atoms with van der Waals surface area (Å²) in [6.07, 6.45) is 7.23. The van der Waals surface area contributed by atoms with Crippen molar-refractivity contribution in [3.63, 3.8) is 0 Å². The number of fused-ring (bicyclic) bond motifs is 1. The Morgan fingerprint density at radius 1 is 1.16 bits per heavy atom. The van der Waals surface area contributed by atoms with Crippen molar-refractivity contribution < 1.29 is 23.5 Å². The second kappa shape index (κ2) is 10.2. The molecule has 0 aromatic carbocycles. The van der Waals surface area contributed by atoms with Crippen molar-refractivity contribution in [3.05, 3.63) is 0 Å². The number of alkyl carbamates (subject to hydrolysis) is 1. The van der Waals surface area contributed by atoms with E-state index in [0.29, 0.717) is 37.3 Å². The van der Waals surface area contributed by atoms with Crippen molar-refractivity contribution >= 4 is 13.7 Å². The number of carbonyl (C=O) groups excluding carboxylic acids is 1. The standard InChI is InChI=1S/C18H30NO5P/c1-25(21,22)24-13-9-5-4-8-12-19-18(20)23-14-17-15-10-6-2-3-7-11-16(15)17/h15-17H,4-14H2,1H3,(H,19,20)(H,21,22)/p-1/t15-,16+,17?. The van der Waals surface area contributed by atoms with Crippen LogP contribution in [0.15, 0.2) is 0 Å². The Labute approximate surface area is 150 Å². The third-order valence-corrected chi connectivity index (χ3v) is 5.56. The summed E-state index contributed by atoms with van der Waals surface area (Å²) >= 11 is 0. The van der Waals surface area contributed by atoms with Gasteiger partial charge in [0.05, 0.1) is 13.2 Å². The first-order valence-electron chi connectivity index (χ1n) is 9.27. The number of nitrogens with one attached hydrogen (secondary N) is 1. The molecule has 2 unspecified atom stereocenters. The first-order chi connectivity index (χ1) is 12.0.